The number of nitrogens with zero attached hydrogens (tertiary/aromatic N) is 1. The Labute approximate surface area is 150 Å². The minimum Gasteiger partial charge on any atom is -0.497 e. The first-order valence-corrected chi connectivity index (χ1v) is 8.66. The summed E-state index contributed by atoms with van der Waals surface area (Å²) in [5, 5.41) is 3.02. The zero-order valence-electron chi connectivity index (χ0n) is 15.6. The van der Waals surface area contributed by atoms with Crippen molar-refractivity contribution in [3.63, 3.8) is 0 Å². The molecule has 1 N–H and O–H groups in total. The van der Waals surface area contributed by atoms with E-state index in [4.69, 9.17) is 4.74 Å². The number of benzene rings is 2. The lowest BCUT2D eigenvalue weighted by Crippen LogP contribution is -2.26. The summed E-state index contributed by atoms with van der Waals surface area (Å²) in [4.78, 5) is 14.2. The number of carbonyl (C=O) groups excluding carboxylic acids is 1. The molecule has 0 saturated carbocycles. The third-order valence-electron chi connectivity index (χ3n) is 4.37. The van der Waals surface area contributed by atoms with Crippen molar-refractivity contribution >= 4 is 11.6 Å². The van der Waals surface area contributed by atoms with Gasteiger partial charge in [-0.1, -0.05) is 31.2 Å². The van der Waals surface area contributed by atoms with Crippen molar-refractivity contribution in [2.75, 3.05) is 32.6 Å². The van der Waals surface area contributed by atoms with Crippen LogP contribution >= 0.6 is 0 Å². The molecule has 2 rings (SSSR count). The van der Waals surface area contributed by atoms with Crippen molar-refractivity contribution < 1.29 is 9.53 Å². The van der Waals surface area contributed by atoms with Gasteiger partial charge in [-0.25, -0.2) is 0 Å². The van der Waals surface area contributed by atoms with Gasteiger partial charge >= 0.3 is 0 Å². The Bertz CT molecular complexity index is 663. The Morgan fingerprint density at radius 2 is 1.72 bits per heavy atom. The van der Waals surface area contributed by atoms with Crippen LogP contribution < -0.4 is 15.0 Å². The fourth-order valence-corrected chi connectivity index (χ4v) is 2.71. The van der Waals surface area contributed by atoms with E-state index in [-0.39, 0.29) is 11.8 Å². The van der Waals surface area contributed by atoms with Crippen molar-refractivity contribution in [1.29, 1.82) is 0 Å². The quantitative estimate of drug-likeness (QED) is 0.798. The highest BCUT2D eigenvalue weighted by atomic mass is 16.5. The number of hydrogen-bond acceptors (Lipinski definition) is 3. The van der Waals surface area contributed by atoms with Crippen molar-refractivity contribution in [2.45, 2.75) is 25.7 Å². The molecule has 0 aliphatic rings. The average Bonchev–Trinajstić information content (AvgIpc) is 2.62. The van der Waals surface area contributed by atoms with Crippen LogP contribution in [-0.4, -0.2) is 33.7 Å². The van der Waals surface area contributed by atoms with Crippen LogP contribution in [0.3, 0.4) is 0 Å². The fraction of sp³-hybridized carbons (Fsp3) is 0.381. The largest absolute Gasteiger partial charge is 0.497 e. The highest BCUT2D eigenvalue weighted by Crippen LogP contribution is 2.21. The third-order valence-corrected chi connectivity index (χ3v) is 4.37. The van der Waals surface area contributed by atoms with Gasteiger partial charge in [0.25, 0.3) is 0 Å². The second-order valence-corrected chi connectivity index (χ2v) is 6.54. The molecule has 1 atom stereocenters. The van der Waals surface area contributed by atoms with Gasteiger partial charge in [-0.2, -0.15) is 0 Å². The van der Waals surface area contributed by atoms with E-state index in [0.717, 1.165) is 17.7 Å². The van der Waals surface area contributed by atoms with Crippen LogP contribution in [0.25, 0.3) is 0 Å². The zero-order valence-corrected chi connectivity index (χ0v) is 15.6. The van der Waals surface area contributed by atoms with Crippen molar-refractivity contribution in [1.82, 2.24) is 5.32 Å². The molecule has 134 valence electrons. The Morgan fingerprint density at radius 3 is 2.28 bits per heavy atom. The number of hydrogen-bond donors (Lipinski definition) is 1. The smallest absolute Gasteiger partial charge is 0.220 e. The highest BCUT2D eigenvalue weighted by molar-refractivity contribution is 5.76. The van der Waals surface area contributed by atoms with E-state index in [1.165, 1.54) is 11.3 Å². The molecule has 4 nitrogen and oxygen atoms in total. The average molecular weight is 340 g/mol. The number of amides is 1. The van der Waals surface area contributed by atoms with Crippen LogP contribution in [0, 0.1) is 0 Å². The highest BCUT2D eigenvalue weighted by Gasteiger charge is 2.11. The molecular weight excluding hydrogens is 312 g/mol. The van der Waals surface area contributed by atoms with Crippen molar-refractivity contribution in [3.8, 4) is 5.75 Å². The zero-order chi connectivity index (χ0) is 18.2. The van der Waals surface area contributed by atoms with Crippen LogP contribution in [-0.2, 0) is 11.2 Å². The van der Waals surface area contributed by atoms with E-state index in [1.54, 1.807) is 7.11 Å². The SMILES string of the molecule is COc1ccc(C(C)CC(=O)NCCc2ccc(N(C)C)cc2)cc1. The summed E-state index contributed by atoms with van der Waals surface area (Å²) in [5.74, 6) is 1.11. The van der Waals surface area contributed by atoms with E-state index in [1.807, 2.05) is 38.4 Å². The minimum atomic E-state index is 0.0910. The Balaban J connectivity index is 1.75. The molecule has 0 saturated heterocycles. The Hall–Kier alpha value is -2.49. The summed E-state index contributed by atoms with van der Waals surface area (Å²) in [6.07, 6.45) is 1.34. The molecule has 0 aliphatic heterocycles. The maximum atomic E-state index is 12.1. The van der Waals surface area contributed by atoms with E-state index >= 15 is 0 Å². The molecule has 1 unspecified atom stereocenters. The maximum Gasteiger partial charge on any atom is 0.220 e. The summed E-state index contributed by atoms with van der Waals surface area (Å²) in [7, 11) is 5.71. The molecule has 2 aromatic carbocycles. The second kappa shape index (κ2) is 9.11. The van der Waals surface area contributed by atoms with Gasteiger partial charge in [-0.15, -0.1) is 0 Å². The Kier molecular flexibility index (Phi) is 6.87. The number of ether oxygens (including phenoxy) is 1. The summed E-state index contributed by atoms with van der Waals surface area (Å²) in [5.41, 5.74) is 3.56. The summed E-state index contributed by atoms with van der Waals surface area (Å²) in [6.45, 7) is 2.73. The number of methoxy groups -OCH3 is 1. The molecule has 0 aromatic heterocycles. The van der Waals surface area contributed by atoms with E-state index in [2.05, 4.69) is 41.4 Å². The van der Waals surface area contributed by atoms with Crippen LogP contribution in [0.2, 0.25) is 0 Å². The lowest BCUT2D eigenvalue weighted by Gasteiger charge is -2.14. The predicted molar refractivity (Wildman–Crippen MR) is 104 cm³/mol. The predicted octanol–water partition coefficient (Wildman–Crippen LogP) is 3.61. The Morgan fingerprint density at radius 1 is 1.08 bits per heavy atom. The molecule has 2 aromatic rings. The van der Waals surface area contributed by atoms with Gasteiger partial charge in [0, 0.05) is 32.7 Å². The van der Waals surface area contributed by atoms with Crippen LogP contribution in [0.15, 0.2) is 48.5 Å². The van der Waals surface area contributed by atoms with E-state index in [0.29, 0.717) is 13.0 Å². The van der Waals surface area contributed by atoms with Crippen molar-refractivity contribution in [3.05, 3.63) is 59.7 Å². The molecular formula is C21H28N2O2. The molecule has 25 heavy (non-hydrogen) atoms. The maximum absolute atomic E-state index is 12.1. The monoisotopic (exact) mass is 340 g/mol. The summed E-state index contributed by atoms with van der Waals surface area (Å²) in [6, 6.07) is 16.3. The van der Waals surface area contributed by atoms with Gasteiger partial charge in [0.05, 0.1) is 7.11 Å². The lowest BCUT2D eigenvalue weighted by molar-refractivity contribution is -0.121. The van der Waals surface area contributed by atoms with Crippen molar-refractivity contribution in [2.24, 2.45) is 0 Å². The molecule has 0 heterocycles. The summed E-state index contributed by atoms with van der Waals surface area (Å²) < 4.78 is 5.16. The van der Waals surface area contributed by atoms with E-state index in [9.17, 15) is 4.79 Å². The van der Waals surface area contributed by atoms with Crippen LogP contribution in [0.1, 0.15) is 30.4 Å². The number of anilines is 1. The molecule has 0 radical (unpaired) electrons. The van der Waals surface area contributed by atoms with Gasteiger partial charge in [0.15, 0.2) is 0 Å². The second-order valence-electron chi connectivity index (χ2n) is 6.54. The summed E-state index contributed by atoms with van der Waals surface area (Å²) >= 11 is 0. The number of rotatable bonds is 8. The van der Waals surface area contributed by atoms with Gasteiger partial charge in [0.2, 0.25) is 5.91 Å². The van der Waals surface area contributed by atoms with Gasteiger partial charge in [0.1, 0.15) is 5.75 Å². The van der Waals surface area contributed by atoms with E-state index < -0.39 is 0 Å². The van der Waals surface area contributed by atoms with Crippen LogP contribution in [0.4, 0.5) is 5.69 Å². The molecule has 0 bridgehead atoms. The molecule has 0 spiro atoms. The molecule has 0 aliphatic carbocycles. The topological polar surface area (TPSA) is 41.6 Å². The standard InChI is InChI=1S/C21H28N2O2/c1-16(18-7-11-20(25-4)12-8-18)15-21(24)22-14-13-17-5-9-19(10-6-17)23(2)3/h5-12,16H,13-15H2,1-4H3,(H,22,24). The fourth-order valence-electron chi connectivity index (χ4n) is 2.71. The number of nitrogens with one attached hydrogen (secondary N) is 1. The van der Waals surface area contributed by atoms with Gasteiger partial charge < -0.3 is 15.0 Å². The molecule has 0 fully saturated rings. The first-order chi connectivity index (χ1) is 12.0. The molecule has 1 amide bonds. The van der Waals surface area contributed by atoms with Crippen LogP contribution in [0.5, 0.6) is 5.75 Å². The lowest BCUT2D eigenvalue weighted by atomic mass is 9.97. The first-order valence-electron chi connectivity index (χ1n) is 8.66. The minimum absolute atomic E-state index is 0.0910. The van der Waals surface area contributed by atoms with Gasteiger partial charge in [-0.05, 0) is 47.7 Å². The van der Waals surface area contributed by atoms with Gasteiger partial charge in [-0.3, -0.25) is 4.79 Å². The molecule has 4 heteroatoms. The number of carbonyl (C=O) groups is 1. The normalized spacial score (nSPS) is 11.7. The third kappa shape index (κ3) is 5.82. The first kappa shape index (κ1) is 18.8.